The fraction of sp³-hybridized carbons (Fsp3) is 0.133. The Kier molecular flexibility index (Phi) is 4.22. The Bertz CT molecular complexity index is 768. The standard InChI is InChI=1S/C15H12ClN3O2S/c1-2-19(14(20)12-4-3-9-21-12)15-18-17-13(22-15)10-5-7-11(16)8-6-10/h3-9H,2H2,1H3. The molecule has 0 fully saturated rings. The van der Waals surface area contributed by atoms with Crippen LogP contribution in [0.25, 0.3) is 10.6 Å². The molecule has 5 nitrogen and oxygen atoms in total. The van der Waals surface area contributed by atoms with Crippen LogP contribution in [-0.4, -0.2) is 22.6 Å². The second-order valence-corrected chi connectivity index (χ2v) is 5.82. The van der Waals surface area contributed by atoms with Crippen LogP contribution in [0.4, 0.5) is 5.13 Å². The quantitative estimate of drug-likeness (QED) is 0.720. The van der Waals surface area contributed by atoms with Crippen molar-refractivity contribution in [2.45, 2.75) is 6.92 Å². The zero-order chi connectivity index (χ0) is 15.5. The molecule has 0 radical (unpaired) electrons. The molecule has 22 heavy (non-hydrogen) atoms. The molecule has 0 aliphatic heterocycles. The minimum atomic E-state index is -0.230. The van der Waals surface area contributed by atoms with Crippen molar-refractivity contribution in [1.29, 1.82) is 0 Å². The van der Waals surface area contributed by atoms with Crippen molar-refractivity contribution in [1.82, 2.24) is 10.2 Å². The van der Waals surface area contributed by atoms with Crippen molar-refractivity contribution in [3.05, 3.63) is 53.4 Å². The predicted molar refractivity (Wildman–Crippen MR) is 86.4 cm³/mol. The van der Waals surface area contributed by atoms with E-state index in [-0.39, 0.29) is 11.7 Å². The summed E-state index contributed by atoms with van der Waals surface area (Å²) in [5, 5.41) is 10.2. The Morgan fingerprint density at radius 1 is 1.27 bits per heavy atom. The average molecular weight is 334 g/mol. The van der Waals surface area contributed by atoms with E-state index in [4.69, 9.17) is 16.0 Å². The van der Waals surface area contributed by atoms with Crippen molar-refractivity contribution < 1.29 is 9.21 Å². The van der Waals surface area contributed by atoms with Crippen molar-refractivity contribution in [3.8, 4) is 10.6 Å². The van der Waals surface area contributed by atoms with Gasteiger partial charge in [-0.15, -0.1) is 10.2 Å². The summed E-state index contributed by atoms with van der Waals surface area (Å²) in [4.78, 5) is 13.9. The van der Waals surface area contributed by atoms with Crippen LogP contribution in [0.5, 0.6) is 0 Å². The minimum absolute atomic E-state index is 0.230. The first-order valence-electron chi connectivity index (χ1n) is 6.64. The number of nitrogens with zero attached hydrogens (tertiary/aromatic N) is 3. The van der Waals surface area contributed by atoms with E-state index in [1.165, 1.54) is 22.5 Å². The highest BCUT2D eigenvalue weighted by molar-refractivity contribution is 7.18. The summed E-state index contributed by atoms with van der Waals surface area (Å²) < 4.78 is 5.15. The Balaban J connectivity index is 1.88. The number of hydrogen-bond donors (Lipinski definition) is 0. The Morgan fingerprint density at radius 3 is 2.68 bits per heavy atom. The fourth-order valence-electron chi connectivity index (χ4n) is 1.93. The lowest BCUT2D eigenvalue weighted by atomic mass is 10.2. The summed E-state index contributed by atoms with van der Waals surface area (Å²) in [7, 11) is 0. The topological polar surface area (TPSA) is 59.2 Å². The predicted octanol–water partition coefficient (Wildman–Crippen LogP) is 4.12. The molecule has 1 amide bonds. The van der Waals surface area contributed by atoms with Gasteiger partial charge in [-0.2, -0.15) is 0 Å². The summed E-state index contributed by atoms with van der Waals surface area (Å²) in [6.45, 7) is 2.36. The monoisotopic (exact) mass is 333 g/mol. The maximum absolute atomic E-state index is 12.4. The van der Waals surface area contributed by atoms with Gasteiger partial charge < -0.3 is 4.42 Å². The molecule has 1 aromatic carbocycles. The molecule has 2 heterocycles. The fourth-order valence-corrected chi connectivity index (χ4v) is 2.97. The van der Waals surface area contributed by atoms with Gasteiger partial charge in [0.05, 0.1) is 6.26 Å². The number of furan rings is 1. The minimum Gasteiger partial charge on any atom is -0.459 e. The Hall–Kier alpha value is -2.18. The summed E-state index contributed by atoms with van der Waals surface area (Å²) in [5.74, 6) is 0.0522. The maximum Gasteiger partial charge on any atom is 0.295 e. The summed E-state index contributed by atoms with van der Waals surface area (Å²) in [6.07, 6.45) is 1.47. The van der Waals surface area contributed by atoms with Crippen molar-refractivity contribution in [3.63, 3.8) is 0 Å². The first-order valence-corrected chi connectivity index (χ1v) is 7.83. The van der Waals surface area contributed by atoms with E-state index in [0.717, 1.165) is 10.6 Å². The third-order valence-electron chi connectivity index (χ3n) is 3.03. The zero-order valence-electron chi connectivity index (χ0n) is 11.7. The van der Waals surface area contributed by atoms with Crippen LogP contribution in [0.15, 0.2) is 47.1 Å². The van der Waals surface area contributed by atoms with E-state index in [0.29, 0.717) is 16.7 Å². The summed E-state index contributed by atoms with van der Waals surface area (Å²) in [5.41, 5.74) is 0.912. The molecule has 0 unspecified atom stereocenters. The van der Waals surface area contributed by atoms with Crippen LogP contribution in [0, 0.1) is 0 Å². The van der Waals surface area contributed by atoms with Crippen LogP contribution >= 0.6 is 22.9 Å². The van der Waals surface area contributed by atoms with Crippen LogP contribution in [0.1, 0.15) is 17.5 Å². The molecule has 3 rings (SSSR count). The lowest BCUT2D eigenvalue weighted by Crippen LogP contribution is -2.30. The number of aromatic nitrogens is 2. The molecule has 0 bridgehead atoms. The van der Waals surface area contributed by atoms with Crippen molar-refractivity contribution >= 4 is 34.0 Å². The second-order valence-electron chi connectivity index (χ2n) is 4.42. The van der Waals surface area contributed by atoms with Crippen LogP contribution in [0.3, 0.4) is 0 Å². The smallest absolute Gasteiger partial charge is 0.295 e. The number of halogens is 1. The van der Waals surface area contributed by atoms with E-state index in [2.05, 4.69) is 10.2 Å². The second kappa shape index (κ2) is 6.29. The molecule has 0 spiro atoms. The van der Waals surface area contributed by atoms with E-state index < -0.39 is 0 Å². The zero-order valence-corrected chi connectivity index (χ0v) is 13.3. The molecule has 0 atom stereocenters. The van der Waals surface area contributed by atoms with Gasteiger partial charge in [-0.25, -0.2) is 0 Å². The Morgan fingerprint density at radius 2 is 2.05 bits per heavy atom. The third kappa shape index (κ3) is 2.88. The van der Waals surface area contributed by atoms with Crippen LogP contribution in [-0.2, 0) is 0 Å². The molecule has 0 saturated heterocycles. The SMILES string of the molecule is CCN(C(=O)c1ccco1)c1nnc(-c2ccc(Cl)cc2)s1. The average Bonchev–Trinajstić information content (AvgIpc) is 3.20. The van der Waals surface area contributed by atoms with Crippen molar-refractivity contribution in [2.75, 3.05) is 11.4 Å². The maximum atomic E-state index is 12.4. The van der Waals surface area contributed by atoms with Gasteiger partial charge in [0.1, 0.15) is 5.01 Å². The normalized spacial score (nSPS) is 10.6. The number of amides is 1. The van der Waals surface area contributed by atoms with Crippen LogP contribution in [0.2, 0.25) is 5.02 Å². The van der Waals surface area contributed by atoms with E-state index in [1.807, 2.05) is 19.1 Å². The highest BCUT2D eigenvalue weighted by Gasteiger charge is 2.22. The molecule has 0 aliphatic carbocycles. The van der Waals surface area contributed by atoms with E-state index in [1.54, 1.807) is 24.3 Å². The molecule has 0 saturated carbocycles. The van der Waals surface area contributed by atoms with E-state index >= 15 is 0 Å². The van der Waals surface area contributed by atoms with Gasteiger partial charge in [0, 0.05) is 17.1 Å². The highest BCUT2D eigenvalue weighted by atomic mass is 35.5. The van der Waals surface area contributed by atoms with Crippen LogP contribution < -0.4 is 4.90 Å². The lowest BCUT2D eigenvalue weighted by molar-refractivity contribution is 0.0961. The summed E-state index contributed by atoms with van der Waals surface area (Å²) in [6, 6.07) is 10.6. The number of hydrogen-bond acceptors (Lipinski definition) is 5. The molecule has 7 heteroatoms. The van der Waals surface area contributed by atoms with Gasteiger partial charge in [-0.05, 0) is 31.2 Å². The largest absolute Gasteiger partial charge is 0.459 e. The first kappa shape index (κ1) is 14.7. The Labute approximate surface area is 136 Å². The van der Waals surface area contributed by atoms with Crippen molar-refractivity contribution in [2.24, 2.45) is 0 Å². The molecule has 0 N–H and O–H groups in total. The summed E-state index contributed by atoms with van der Waals surface area (Å²) >= 11 is 7.23. The number of carbonyl (C=O) groups excluding carboxylic acids is 1. The molecular weight excluding hydrogens is 322 g/mol. The molecule has 3 aromatic rings. The molecule has 0 aliphatic rings. The first-order chi connectivity index (χ1) is 10.7. The number of benzene rings is 1. The van der Waals surface area contributed by atoms with Gasteiger partial charge in [-0.3, -0.25) is 9.69 Å². The number of carbonyl (C=O) groups is 1. The molecule has 112 valence electrons. The third-order valence-corrected chi connectivity index (χ3v) is 4.28. The number of rotatable bonds is 4. The van der Waals surface area contributed by atoms with Gasteiger partial charge in [-0.1, -0.05) is 35.1 Å². The lowest BCUT2D eigenvalue weighted by Gasteiger charge is -2.14. The number of anilines is 1. The highest BCUT2D eigenvalue weighted by Crippen LogP contribution is 2.30. The van der Waals surface area contributed by atoms with Gasteiger partial charge in [0.25, 0.3) is 5.91 Å². The van der Waals surface area contributed by atoms with Gasteiger partial charge in [0.2, 0.25) is 5.13 Å². The van der Waals surface area contributed by atoms with Gasteiger partial charge in [0.15, 0.2) is 5.76 Å². The van der Waals surface area contributed by atoms with E-state index in [9.17, 15) is 4.79 Å². The van der Waals surface area contributed by atoms with Gasteiger partial charge >= 0.3 is 0 Å². The molecular formula is C15H12ClN3O2S. The molecule has 2 aromatic heterocycles.